The fourth-order valence-corrected chi connectivity index (χ4v) is 2.31. The van der Waals surface area contributed by atoms with E-state index in [-0.39, 0.29) is 42.4 Å². The van der Waals surface area contributed by atoms with Gasteiger partial charge in [-0.15, -0.1) is 24.0 Å². The first-order valence-corrected chi connectivity index (χ1v) is 8.97. The van der Waals surface area contributed by atoms with Crippen LogP contribution in [-0.2, 0) is 12.7 Å². The molecule has 0 aliphatic heterocycles. The number of hydrogen-bond donors (Lipinski definition) is 2. The number of hydrogen-bond acceptors (Lipinski definition) is 5. The molecule has 2 aromatic rings. The van der Waals surface area contributed by atoms with Crippen molar-refractivity contribution in [2.24, 2.45) is 4.99 Å². The average Bonchev–Trinajstić information content (AvgIpc) is 3.07. The Morgan fingerprint density at radius 3 is 2.62 bits per heavy atom. The highest BCUT2D eigenvalue weighted by Gasteiger charge is 2.30. The van der Waals surface area contributed by atoms with Crippen LogP contribution in [0.5, 0.6) is 5.75 Å². The van der Waals surface area contributed by atoms with Crippen molar-refractivity contribution < 1.29 is 22.4 Å². The zero-order chi connectivity index (χ0) is 20.6. The van der Waals surface area contributed by atoms with Crippen LogP contribution >= 0.6 is 24.0 Å². The lowest BCUT2D eigenvalue weighted by Gasteiger charge is -2.20. The Morgan fingerprint density at radius 1 is 1.28 bits per heavy atom. The van der Waals surface area contributed by atoms with Crippen molar-refractivity contribution in [3.63, 3.8) is 0 Å². The zero-order valence-electron chi connectivity index (χ0n) is 16.4. The number of halogens is 4. The molecule has 1 aromatic carbocycles. The first-order valence-electron chi connectivity index (χ1n) is 8.97. The summed E-state index contributed by atoms with van der Waals surface area (Å²) in [6.07, 6.45) is -4.14. The van der Waals surface area contributed by atoms with Gasteiger partial charge in [0.1, 0.15) is 18.4 Å². The Kier molecular flexibility index (Phi) is 10.2. The molecule has 0 aliphatic carbocycles. The number of ether oxygens (including phenoxy) is 1. The van der Waals surface area contributed by atoms with E-state index in [1.54, 1.807) is 6.92 Å². The van der Waals surface area contributed by atoms with E-state index in [0.717, 1.165) is 12.1 Å². The molecule has 0 saturated heterocycles. The number of rotatable bonds is 8. The summed E-state index contributed by atoms with van der Waals surface area (Å²) in [7, 11) is 0. The lowest BCUT2D eigenvalue weighted by atomic mass is 10.2. The Balaban J connectivity index is 0.00000420. The molecular weight excluding hydrogens is 502 g/mol. The molecule has 11 heteroatoms. The number of aliphatic imine (C=N–C) groups is 1. The molecule has 0 fully saturated rings. The molecule has 1 unspecified atom stereocenters. The number of nitrogens with zero attached hydrogens (tertiary/aromatic N) is 3. The molecule has 0 saturated carbocycles. The number of aryl methyl sites for hydroxylation is 1. The van der Waals surface area contributed by atoms with Gasteiger partial charge in [0, 0.05) is 6.54 Å². The lowest BCUT2D eigenvalue weighted by molar-refractivity contribution is -0.137. The van der Waals surface area contributed by atoms with Gasteiger partial charge in [0.25, 0.3) is 0 Å². The molecule has 29 heavy (non-hydrogen) atoms. The van der Waals surface area contributed by atoms with E-state index in [1.807, 2.05) is 13.8 Å². The molecule has 0 spiro atoms. The van der Waals surface area contributed by atoms with Crippen LogP contribution in [0.3, 0.4) is 0 Å². The molecule has 0 amide bonds. The van der Waals surface area contributed by atoms with Crippen LogP contribution in [0.2, 0.25) is 0 Å². The van der Waals surface area contributed by atoms with Gasteiger partial charge in [-0.2, -0.15) is 18.2 Å². The molecule has 1 aromatic heterocycles. The van der Waals surface area contributed by atoms with E-state index < -0.39 is 11.7 Å². The Bertz CT molecular complexity index is 783. The molecule has 7 nitrogen and oxygen atoms in total. The summed E-state index contributed by atoms with van der Waals surface area (Å²) in [6, 6.07) is 4.85. The lowest BCUT2D eigenvalue weighted by Crippen LogP contribution is -2.42. The summed E-state index contributed by atoms with van der Waals surface area (Å²) in [4.78, 5) is 8.43. The molecule has 162 valence electrons. The first-order chi connectivity index (χ1) is 13.3. The largest absolute Gasteiger partial charge is 0.489 e. The van der Waals surface area contributed by atoms with Gasteiger partial charge in [-0.3, -0.25) is 0 Å². The summed E-state index contributed by atoms with van der Waals surface area (Å²) >= 11 is 0. The minimum Gasteiger partial charge on any atom is -0.489 e. The van der Waals surface area contributed by atoms with E-state index in [4.69, 9.17) is 9.26 Å². The maximum Gasteiger partial charge on any atom is 0.416 e. The molecule has 0 aliphatic rings. The van der Waals surface area contributed by atoms with Crippen LogP contribution in [0.1, 0.15) is 37.5 Å². The van der Waals surface area contributed by atoms with Crippen molar-refractivity contribution in [3.05, 3.63) is 41.5 Å². The minimum absolute atomic E-state index is 0. The third-order valence-corrected chi connectivity index (χ3v) is 3.70. The second-order valence-electron chi connectivity index (χ2n) is 5.99. The summed E-state index contributed by atoms with van der Waals surface area (Å²) in [5.41, 5.74) is -0.738. The number of guanidine groups is 1. The third-order valence-electron chi connectivity index (χ3n) is 3.70. The molecule has 1 heterocycles. The van der Waals surface area contributed by atoms with E-state index in [9.17, 15) is 13.2 Å². The van der Waals surface area contributed by atoms with E-state index in [1.165, 1.54) is 12.1 Å². The van der Waals surface area contributed by atoms with Crippen LogP contribution in [0.4, 0.5) is 13.2 Å². The molecule has 2 N–H and O–H groups in total. The maximum atomic E-state index is 12.8. The maximum absolute atomic E-state index is 12.8. The van der Waals surface area contributed by atoms with Crippen molar-refractivity contribution in [1.29, 1.82) is 0 Å². The number of aromatic nitrogens is 2. The smallest absolute Gasteiger partial charge is 0.416 e. The van der Waals surface area contributed by atoms with Crippen molar-refractivity contribution in [2.75, 3.05) is 13.1 Å². The van der Waals surface area contributed by atoms with Gasteiger partial charge in [-0.25, -0.2) is 4.99 Å². The molecular formula is C18H25F3IN5O2. The highest BCUT2D eigenvalue weighted by Crippen LogP contribution is 2.31. The fourth-order valence-electron chi connectivity index (χ4n) is 2.31. The third kappa shape index (κ3) is 8.46. The second kappa shape index (κ2) is 11.8. The Morgan fingerprint density at radius 2 is 2.03 bits per heavy atom. The highest BCUT2D eigenvalue weighted by molar-refractivity contribution is 14.0. The molecule has 0 radical (unpaired) electrons. The SMILES string of the molecule is CCNC(=NCc1nc(C)no1)NCC(CC)Oc1cccc(C(F)(F)F)c1.I. The van der Waals surface area contributed by atoms with Crippen LogP contribution in [0.25, 0.3) is 0 Å². The number of alkyl halides is 3. The summed E-state index contributed by atoms with van der Waals surface area (Å²) < 4.78 is 49.3. The van der Waals surface area contributed by atoms with E-state index in [2.05, 4.69) is 25.8 Å². The zero-order valence-corrected chi connectivity index (χ0v) is 18.7. The van der Waals surface area contributed by atoms with Gasteiger partial charge in [-0.05, 0) is 38.5 Å². The van der Waals surface area contributed by atoms with Crippen LogP contribution in [-0.4, -0.2) is 35.3 Å². The molecule has 1 atom stereocenters. The minimum atomic E-state index is -4.41. The van der Waals surface area contributed by atoms with Crippen molar-refractivity contribution >= 4 is 29.9 Å². The first kappa shape index (κ1) is 25.0. The van der Waals surface area contributed by atoms with Crippen molar-refractivity contribution in [2.45, 2.75) is 46.0 Å². The van der Waals surface area contributed by atoms with Crippen molar-refractivity contribution in [3.8, 4) is 5.75 Å². The number of benzene rings is 1. The van der Waals surface area contributed by atoms with Crippen LogP contribution in [0, 0.1) is 6.92 Å². The standard InChI is InChI=1S/C18H24F3N5O2.HI/c1-4-14(27-15-8-6-7-13(9-15)18(19,20)21)10-23-17(22-5-2)24-11-16-25-12(3)26-28-16;/h6-9,14H,4-5,10-11H2,1-3H3,(H2,22,23,24);1H. The summed E-state index contributed by atoms with van der Waals surface area (Å²) in [6.45, 7) is 6.75. The Labute approximate surface area is 184 Å². The van der Waals surface area contributed by atoms with Crippen molar-refractivity contribution in [1.82, 2.24) is 20.8 Å². The van der Waals surface area contributed by atoms with Gasteiger partial charge in [0.05, 0.1) is 12.1 Å². The summed E-state index contributed by atoms with van der Waals surface area (Å²) in [5.74, 6) is 1.61. The normalized spacial score (nSPS) is 12.8. The summed E-state index contributed by atoms with van der Waals surface area (Å²) in [5, 5.41) is 9.90. The average molecular weight is 527 g/mol. The predicted molar refractivity (Wildman–Crippen MR) is 113 cm³/mol. The fraction of sp³-hybridized carbons (Fsp3) is 0.500. The van der Waals surface area contributed by atoms with E-state index >= 15 is 0 Å². The Hall–Kier alpha value is -2.05. The quantitative estimate of drug-likeness (QED) is 0.308. The van der Waals surface area contributed by atoms with E-state index in [0.29, 0.717) is 37.2 Å². The highest BCUT2D eigenvalue weighted by atomic mass is 127. The van der Waals surface area contributed by atoms with Crippen LogP contribution in [0.15, 0.2) is 33.8 Å². The predicted octanol–water partition coefficient (Wildman–Crippen LogP) is 3.93. The van der Waals surface area contributed by atoms with Crippen LogP contribution < -0.4 is 15.4 Å². The number of nitrogens with one attached hydrogen (secondary N) is 2. The van der Waals surface area contributed by atoms with Gasteiger partial charge < -0.3 is 19.9 Å². The monoisotopic (exact) mass is 527 g/mol. The topological polar surface area (TPSA) is 84.6 Å². The van der Waals surface area contributed by atoms with Gasteiger partial charge in [0.15, 0.2) is 11.8 Å². The molecule has 0 bridgehead atoms. The van der Waals surface area contributed by atoms with Gasteiger partial charge >= 0.3 is 6.18 Å². The second-order valence-corrected chi connectivity index (χ2v) is 5.99. The molecule has 2 rings (SSSR count). The van der Waals surface area contributed by atoms with Gasteiger partial charge in [-0.1, -0.05) is 18.1 Å². The van der Waals surface area contributed by atoms with Gasteiger partial charge in [0.2, 0.25) is 5.89 Å².